The van der Waals surface area contributed by atoms with E-state index < -0.39 is 16.3 Å². The lowest BCUT2D eigenvalue weighted by atomic mass is 10.1. The smallest absolute Gasteiger partial charge is 0.280 e. The molecule has 21 heavy (non-hydrogen) atoms. The van der Waals surface area contributed by atoms with Crippen LogP contribution < -0.4 is 0 Å². The van der Waals surface area contributed by atoms with Crippen LogP contribution in [0.25, 0.3) is 11.4 Å². The first-order valence-corrected chi connectivity index (χ1v) is 6.25. The molecular formula is C13H15FN4O3. The number of benzene rings is 1. The number of halogens is 1. The molecule has 1 aromatic carbocycles. The first-order valence-electron chi connectivity index (χ1n) is 6.25. The van der Waals surface area contributed by atoms with E-state index >= 15 is 0 Å². The highest BCUT2D eigenvalue weighted by Crippen LogP contribution is 2.32. The average molecular weight is 294 g/mol. The van der Waals surface area contributed by atoms with Gasteiger partial charge in [-0.25, -0.2) is 4.39 Å². The molecule has 1 heterocycles. The van der Waals surface area contributed by atoms with E-state index in [2.05, 4.69) is 10.2 Å². The zero-order valence-electron chi connectivity index (χ0n) is 11.9. The van der Waals surface area contributed by atoms with Gasteiger partial charge in [0, 0.05) is 11.6 Å². The van der Waals surface area contributed by atoms with Crippen LogP contribution in [-0.2, 0) is 12.1 Å². The molecule has 0 aliphatic rings. The van der Waals surface area contributed by atoms with Crippen molar-refractivity contribution in [2.45, 2.75) is 32.9 Å². The van der Waals surface area contributed by atoms with Crippen LogP contribution in [0.1, 0.15) is 26.6 Å². The van der Waals surface area contributed by atoms with Gasteiger partial charge in [0.25, 0.3) is 5.69 Å². The minimum absolute atomic E-state index is 0.0297. The summed E-state index contributed by atoms with van der Waals surface area (Å²) in [7, 11) is 0. The maximum atomic E-state index is 13.5. The molecule has 0 unspecified atom stereocenters. The number of aliphatic hydroxyl groups excluding tert-OH is 1. The van der Waals surface area contributed by atoms with Gasteiger partial charge in [0.1, 0.15) is 12.4 Å². The van der Waals surface area contributed by atoms with E-state index in [-0.39, 0.29) is 29.5 Å². The molecule has 112 valence electrons. The Morgan fingerprint density at radius 2 is 2.05 bits per heavy atom. The number of hydrogen-bond donors (Lipinski definition) is 1. The van der Waals surface area contributed by atoms with E-state index in [1.54, 1.807) is 4.57 Å². The monoisotopic (exact) mass is 294 g/mol. The average Bonchev–Trinajstić information content (AvgIpc) is 2.81. The highest BCUT2D eigenvalue weighted by atomic mass is 19.1. The summed E-state index contributed by atoms with van der Waals surface area (Å²) in [5.41, 5.74) is -0.766. The first-order chi connectivity index (χ1) is 9.75. The number of nitro benzene ring substituents is 1. The standard InChI is InChI=1S/C13H15FN4O3/c1-13(2,3)17-11(7-19)15-16-12(17)9-6-8(14)4-5-10(9)18(20)21/h4-6,19H,7H2,1-3H3. The fourth-order valence-corrected chi connectivity index (χ4v) is 2.14. The van der Waals surface area contributed by atoms with Crippen LogP contribution in [0.15, 0.2) is 18.2 Å². The zero-order chi connectivity index (χ0) is 15.8. The van der Waals surface area contributed by atoms with E-state index in [1.807, 2.05) is 20.8 Å². The van der Waals surface area contributed by atoms with Crippen LogP contribution in [0.3, 0.4) is 0 Å². The Labute approximate surface area is 120 Å². The molecule has 8 heteroatoms. The summed E-state index contributed by atoms with van der Waals surface area (Å²) in [4.78, 5) is 10.5. The summed E-state index contributed by atoms with van der Waals surface area (Å²) in [6.07, 6.45) is 0. The Kier molecular flexibility index (Phi) is 3.73. The molecular weight excluding hydrogens is 279 g/mol. The third kappa shape index (κ3) is 2.75. The van der Waals surface area contributed by atoms with E-state index in [0.717, 1.165) is 18.2 Å². The molecule has 0 atom stereocenters. The van der Waals surface area contributed by atoms with Crippen molar-refractivity contribution in [2.75, 3.05) is 0 Å². The van der Waals surface area contributed by atoms with E-state index in [9.17, 15) is 19.6 Å². The molecule has 0 aliphatic heterocycles. The Balaban J connectivity index is 2.76. The minimum Gasteiger partial charge on any atom is -0.388 e. The lowest BCUT2D eigenvalue weighted by molar-refractivity contribution is -0.384. The minimum atomic E-state index is -0.607. The van der Waals surface area contributed by atoms with Crippen LogP contribution >= 0.6 is 0 Å². The molecule has 2 aromatic rings. The summed E-state index contributed by atoms with van der Waals surface area (Å²) in [6.45, 7) is 5.14. The molecule has 1 N–H and O–H groups in total. The van der Waals surface area contributed by atoms with Gasteiger partial charge in [-0.05, 0) is 32.9 Å². The van der Waals surface area contributed by atoms with E-state index in [1.165, 1.54) is 0 Å². The number of hydrogen-bond acceptors (Lipinski definition) is 5. The molecule has 0 amide bonds. The molecule has 0 radical (unpaired) electrons. The summed E-state index contributed by atoms with van der Waals surface area (Å²) >= 11 is 0. The maximum Gasteiger partial charge on any atom is 0.280 e. The fourth-order valence-electron chi connectivity index (χ4n) is 2.14. The van der Waals surface area contributed by atoms with Crippen LogP contribution in [-0.4, -0.2) is 24.8 Å². The molecule has 0 aliphatic carbocycles. The first kappa shape index (κ1) is 15.0. The second kappa shape index (κ2) is 5.21. The van der Waals surface area contributed by atoms with Gasteiger partial charge in [-0.3, -0.25) is 10.1 Å². The van der Waals surface area contributed by atoms with Gasteiger partial charge in [-0.15, -0.1) is 10.2 Å². The van der Waals surface area contributed by atoms with Gasteiger partial charge >= 0.3 is 0 Å². The van der Waals surface area contributed by atoms with Gasteiger partial charge in [-0.1, -0.05) is 0 Å². The molecule has 1 aromatic heterocycles. The lowest BCUT2D eigenvalue weighted by Gasteiger charge is -2.24. The maximum absolute atomic E-state index is 13.5. The van der Waals surface area contributed by atoms with Gasteiger partial charge in [0.15, 0.2) is 11.6 Å². The molecule has 0 saturated heterocycles. The van der Waals surface area contributed by atoms with Crippen molar-refractivity contribution in [3.05, 3.63) is 40.0 Å². The Morgan fingerprint density at radius 3 is 2.57 bits per heavy atom. The highest BCUT2D eigenvalue weighted by Gasteiger charge is 2.28. The number of nitrogens with zero attached hydrogens (tertiary/aromatic N) is 4. The molecule has 0 spiro atoms. The van der Waals surface area contributed by atoms with Gasteiger partial charge in [0.2, 0.25) is 0 Å². The second-order valence-corrected chi connectivity index (χ2v) is 5.52. The number of nitro groups is 1. The number of aliphatic hydroxyl groups is 1. The number of aromatic nitrogens is 3. The van der Waals surface area contributed by atoms with Gasteiger partial charge in [-0.2, -0.15) is 0 Å². The molecule has 2 rings (SSSR count). The summed E-state index contributed by atoms with van der Waals surface area (Å²) in [5.74, 6) is -0.196. The Hall–Kier alpha value is -2.35. The predicted octanol–water partition coefficient (Wildman–Crippen LogP) is 2.24. The molecule has 0 bridgehead atoms. The van der Waals surface area contributed by atoms with Crippen LogP contribution in [0.4, 0.5) is 10.1 Å². The lowest BCUT2D eigenvalue weighted by Crippen LogP contribution is -2.25. The third-order valence-corrected chi connectivity index (χ3v) is 2.94. The van der Waals surface area contributed by atoms with E-state index in [4.69, 9.17) is 0 Å². The van der Waals surface area contributed by atoms with Gasteiger partial charge < -0.3 is 9.67 Å². The molecule has 0 fully saturated rings. The largest absolute Gasteiger partial charge is 0.388 e. The molecule has 7 nitrogen and oxygen atoms in total. The zero-order valence-corrected chi connectivity index (χ0v) is 11.9. The predicted molar refractivity (Wildman–Crippen MR) is 73.0 cm³/mol. The fraction of sp³-hybridized carbons (Fsp3) is 0.385. The highest BCUT2D eigenvalue weighted by molar-refractivity contribution is 5.68. The van der Waals surface area contributed by atoms with Crippen molar-refractivity contribution in [3.63, 3.8) is 0 Å². The normalized spacial score (nSPS) is 11.7. The Bertz CT molecular complexity index is 691. The SMILES string of the molecule is CC(C)(C)n1c(CO)nnc1-c1cc(F)ccc1[N+](=O)[O-]. The summed E-state index contributed by atoms with van der Waals surface area (Å²) in [5, 5.41) is 28.2. The quantitative estimate of drug-likeness (QED) is 0.692. The molecule has 0 saturated carbocycles. The van der Waals surface area contributed by atoms with Crippen molar-refractivity contribution >= 4 is 5.69 Å². The van der Waals surface area contributed by atoms with Crippen molar-refractivity contribution in [1.82, 2.24) is 14.8 Å². The van der Waals surface area contributed by atoms with Gasteiger partial charge in [0.05, 0.1) is 10.5 Å². The topological polar surface area (TPSA) is 94.1 Å². The van der Waals surface area contributed by atoms with Crippen LogP contribution in [0.5, 0.6) is 0 Å². The third-order valence-electron chi connectivity index (χ3n) is 2.94. The van der Waals surface area contributed by atoms with Crippen molar-refractivity contribution in [3.8, 4) is 11.4 Å². The van der Waals surface area contributed by atoms with Crippen molar-refractivity contribution < 1.29 is 14.4 Å². The van der Waals surface area contributed by atoms with Crippen molar-refractivity contribution in [1.29, 1.82) is 0 Å². The van der Waals surface area contributed by atoms with Crippen LogP contribution in [0, 0.1) is 15.9 Å². The number of rotatable bonds is 3. The second-order valence-electron chi connectivity index (χ2n) is 5.52. The summed E-state index contributed by atoms with van der Waals surface area (Å²) < 4.78 is 15.0. The Morgan fingerprint density at radius 1 is 1.38 bits per heavy atom. The summed E-state index contributed by atoms with van der Waals surface area (Å²) in [6, 6.07) is 3.16. The van der Waals surface area contributed by atoms with Crippen LogP contribution in [0.2, 0.25) is 0 Å². The van der Waals surface area contributed by atoms with Crippen molar-refractivity contribution in [2.24, 2.45) is 0 Å². The van der Waals surface area contributed by atoms with E-state index in [0.29, 0.717) is 0 Å².